The minimum absolute atomic E-state index is 0.104. The highest BCUT2D eigenvalue weighted by molar-refractivity contribution is 6.31. The number of amides is 1. The number of anilines is 1. The van der Waals surface area contributed by atoms with Crippen molar-refractivity contribution in [1.29, 1.82) is 0 Å². The third-order valence-corrected chi connectivity index (χ3v) is 4.75. The molecule has 1 amide bonds. The van der Waals surface area contributed by atoms with Crippen molar-refractivity contribution in [2.24, 2.45) is 5.92 Å². The van der Waals surface area contributed by atoms with E-state index in [0.29, 0.717) is 23.0 Å². The molecule has 1 saturated heterocycles. The van der Waals surface area contributed by atoms with Crippen LogP contribution in [0, 0.1) is 5.92 Å². The van der Waals surface area contributed by atoms with E-state index in [-0.39, 0.29) is 12.3 Å². The summed E-state index contributed by atoms with van der Waals surface area (Å²) in [6.07, 6.45) is 0.138. The summed E-state index contributed by atoms with van der Waals surface area (Å²) in [6.45, 7) is 0.297. The van der Waals surface area contributed by atoms with Crippen LogP contribution in [-0.2, 0) is 9.59 Å². The minimum atomic E-state index is -0.493. The Morgan fingerprint density at radius 2 is 1.81 bits per heavy atom. The molecule has 0 aromatic heterocycles. The molecule has 1 fully saturated rings. The van der Waals surface area contributed by atoms with Gasteiger partial charge in [0.25, 0.3) is 0 Å². The Hall–Kier alpha value is -2.85. The number of ether oxygens (including phenoxy) is 1. The fourth-order valence-electron chi connectivity index (χ4n) is 3.19. The van der Waals surface area contributed by atoms with E-state index in [0.717, 1.165) is 10.8 Å². The molecule has 1 atom stereocenters. The molecular formula is C21H16ClNO3. The van der Waals surface area contributed by atoms with Crippen LogP contribution >= 0.6 is 11.6 Å². The summed E-state index contributed by atoms with van der Waals surface area (Å²) >= 11 is 6.00. The number of hydrogen-bond donors (Lipinski definition) is 0. The predicted octanol–water partition coefficient (Wildman–Crippen LogP) is 4.45. The van der Waals surface area contributed by atoms with Gasteiger partial charge in [0.1, 0.15) is 5.75 Å². The van der Waals surface area contributed by atoms with Crippen molar-refractivity contribution in [3.05, 3.63) is 71.8 Å². The average molecular weight is 366 g/mol. The zero-order chi connectivity index (χ0) is 18.1. The number of benzene rings is 3. The van der Waals surface area contributed by atoms with E-state index < -0.39 is 11.9 Å². The van der Waals surface area contributed by atoms with Crippen molar-refractivity contribution in [1.82, 2.24) is 0 Å². The van der Waals surface area contributed by atoms with Gasteiger partial charge in [0.15, 0.2) is 0 Å². The molecule has 26 heavy (non-hydrogen) atoms. The lowest BCUT2D eigenvalue weighted by Gasteiger charge is -2.16. The maximum atomic E-state index is 12.5. The van der Waals surface area contributed by atoms with E-state index >= 15 is 0 Å². The first-order valence-corrected chi connectivity index (χ1v) is 8.74. The predicted molar refractivity (Wildman–Crippen MR) is 101 cm³/mol. The molecule has 0 bridgehead atoms. The molecule has 0 radical (unpaired) electrons. The van der Waals surface area contributed by atoms with E-state index in [2.05, 4.69) is 0 Å². The Labute approximate surface area is 155 Å². The second-order valence-electron chi connectivity index (χ2n) is 6.32. The van der Waals surface area contributed by atoms with Crippen molar-refractivity contribution >= 4 is 39.9 Å². The lowest BCUT2D eigenvalue weighted by atomic mass is 10.1. The van der Waals surface area contributed by atoms with Crippen molar-refractivity contribution in [3.8, 4) is 5.75 Å². The molecule has 0 unspecified atom stereocenters. The quantitative estimate of drug-likeness (QED) is 0.509. The van der Waals surface area contributed by atoms with E-state index in [1.165, 1.54) is 0 Å². The van der Waals surface area contributed by atoms with Crippen LogP contribution < -0.4 is 9.64 Å². The fourth-order valence-corrected chi connectivity index (χ4v) is 3.37. The van der Waals surface area contributed by atoms with Crippen LogP contribution in [0.5, 0.6) is 5.75 Å². The molecule has 3 aromatic rings. The normalized spacial score (nSPS) is 16.9. The van der Waals surface area contributed by atoms with Crippen LogP contribution in [0.25, 0.3) is 10.8 Å². The van der Waals surface area contributed by atoms with Crippen LogP contribution in [0.4, 0.5) is 5.69 Å². The zero-order valence-electron chi connectivity index (χ0n) is 13.9. The van der Waals surface area contributed by atoms with E-state index in [1.54, 1.807) is 35.2 Å². The Morgan fingerprint density at radius 1 is 1.00 bits per heavy atom. The molecule has 5 heteroatoms. The second-order valence-corrected chi connectivity index (χ2v) is 6.75. The standard InChI is InChI=1S/C21H16ClNO3/c22-17-6-3-7-18(12-17)23-13-16(11-20(23)24)21(25)26-19-9-8-14-4-1-2-5-15(14)10-19/h1-10,12,16H,11,13H2/t16-/m0/s1. The van der Waals surface area contributed by atoms with Crippen molar-refractivity contribution in [2.75, 3.05) is 11.4 Å². The number of fused-ring (bicyclic) bond motifs is 1. The van der Waals surface area contributed by atoms with Gasteiger partial charge in [-0.15, -0.1) is 0 Å². The first-order chi connectivity index (χ1) is 12.6. The van der Waals surface area contributed by atoms with Gasteiger partial charge in [-0.05, 0) is 41.1 Å². The molecule has 4 rings (SSSR count). The highest BCUT2D eigenvalue weighted by Crippen LogP contribution is 2.29. The topological polar surface area (TPSA) is 46.6 Å². The van der Waals surface area contributed by atoms with Crippen LogP contribution in [0.3, 0.4) is 0 Å². The number of carbonyl (C=O) groups excluding carboxylic acids is 2. The van der Waals surface area contributed by atoms with Gasteiger partial charge in [0.05, 0.1) is 5.92 Å². The van der Waals surface area contributed by atoms with Gasteiger partial charge in [0.2, 0.25) is 5.91 Å². The summed E-state index contributed by atoms with van der Waals surface area (Å²) in [7, 11) is 0. The molecule has 4 nitrogen and oxygen atoms in total. The first kappa shape index (κ1) is 16.6. The van der Waals surface area contributed by atoms with Crippen LogP contribution in [-0.4, -0.2) is 18.4 Å². The van der Waals surface area contributed by atoms with E-state index in [9.17, 15) is 9.59 Å². The Morgan fingerprint density at radius 3 is 2.62 bits per heavy atom. The third-order valence-electron chi connectivity index (χ3n) is 4.52. The SMILES string of the molecule is O=C(Oc1ccc2ccccc2c1)[C@H]1CC(=O)N(c2cccc(Cl)c2)C1. The highest BCUT2D eigenvalue weighted by Gasteiger charge is 2.36. The van der Waals surface area contributed by atoms with Gasteiger partial charge in [-0.25, -0.2) is 0 Å². The molecule has 3 aromatic carbocycles. The summed E-state index contributed by atoms with van der Waals surface area (Å²) in [6, 6.07) is 20.4. The smallest absolute Gasteiger partial charge is 0.316 e. The molecule has 0 spiro atoms. The first-order valence-electron chi connectivity index (χ1n) is 8.36. The Kier molecular flexibility index (Phi) is 4.35. The van der Waals surface area contributed by atoms with Crippen LogP contribution in [0.1, 0.15) is 6.42 Å². The minimum Gasteiger partial charge on any atom is -0.426 e. The number of rotatable bonds is 3. The summed E-state index contributed by atoms with van der Waals surface area (Å²) in [4.78, 5) is 26.4. The number of nitrogens with zero attached hydrogens (tertiary/aromatic N) is 1. The summed E-state index contributed by atoms with van der Waals surface area (Å²) < 4.78 is 5.52. The molecule has 0 N–H and O–H groups in total. The van der Waals surface area contributed by atoms with Gasteiger partial charge in [-0.1, -0.05) is 48.0 Å². The van der Waals surface area contributed by atoms with Crippen LogP contribution in [0.15, 0.2) is 66.7 Å². The van der Waals surface area contributed by atoms with Crippen LogP contribution in [0.2, 0.25) is 5.02 Å². The van der Waals surface area contributed by atoms with Crippen molar-refractivity contribution in [2.45, 2.75) is 6.42 Å². The summed E-state index contributed by atoms with van der Waals surface area (Å²) in [5.41, 5.74) is 0.698. The number of halogens is 1. The maximum absolute atomic E-state index is 12.5. The maximum Gasteiger partial charge on any atom is 0.316 e. The molecule has 1 aliphatic rings. The lowest BCUT2D eigenvalue weighted by molar-refractivity contribution is -0.139. The third kappa shape index (κ3) is 3.28. The molecule has 130 valence electrons. The molecule has 1 aliphatic heterocycles. The van der Waals surface area contributed by atoms with Crippen molar-refractivity contribution < 1.29 is 14.3 Å². The largest absolute Gasteiger partial charge is 0.426 e. The Balaban J connectivity index is 1.49. The summed E-state index contributed by atoms with van der Waals surface area (Å²) in [5, 5.41) is 2.63. The van der Waals surface area contributed by atoms with Gasteiger partial charge in [-0.3, -0.25) is 9.59 Å². The van der Waals surface area contributed by atoms with Crippen molar-refractivity contribution in [3.63, 3.8) is 0 Å². The average Bonchev–Trinajstić information content (AvgIpc) is 3.03. The van der Waals surface area contributed by atoms with Gasteiger partial charge in [0, 0.05) is 23.7 Å². The molecular weight excluding hydrogens is 350 g/mol. The van der Waals surface area contributed by atoms with Gasteiger partial charge >= 0.3 is 5.97 Å². The number of carbonyl (C=O) groups is 2. The zero-order valence-corrected chi connectivity index (χ0v) is 14.6. The van der Waals surface area contributed by atoms with E-state index in [4.69, 9.17) is 16.3 Å². The second kappa shape index (κ2) is 6.81. The summed E-state index contributed by atoms with van der Waals surface area (Å²) in [5.74, 6) is -0.499. The van der Waals surface area contributed by atoms with E-state index in [1.807, 2.05) is 36.4 Å². The fraction of sp³-hybridized carbons (Fsp3) is 0.143. The highest BCUT2D eigenvalue weighted by atomic mass is 35.5. The Bertz CT molecular complexity index is 1000. The number of hydrogen-bond acceptors (Lipinski definition) is 3. The monoisotopic (exact) mass is 365 g/mol. The molecule has 0 aliphatic carbocycles. The molecule has 1 heterocycles. The lowest BCUT2D eigenvalue weighted by Crippen LogP contribution is -2.27. The number of esters is 1. The van der Waals surface area contributed by atoms with Gasteiger partial charge in [-0.2, -0.15) is 0 Å². The molecule has 0 saturated carbocycles. The van der Waals surface area contributed by atoms with Gasteiger partial charge < -0.3 is 9.64 Å².